The minimum absolute atomic E-state index is 0.178. The van der Waals surface area contributed by atoms with E-state index in [-0.39, 0.29) is 19.6 Å². The highest BCUT2D eigenvalue weighted by Crippen LogP contribution is 2.38. The summed E-state index contributed by atoms with van der Waals surface area (Å²) in [6.45, 7) is 3.89. The van der Waals surface area contributed by atoms with Crippen LogP contribution in [0.2, 0.25) is 20.1 Å². The highest BCUT2D eigenvalue weighted by atomic mass is 35.5. The number of nitrogens with zero attached hydrogens (tertiary/aromatic N) is 1. The number of rotatable bonds is 11. The fraction of sp³-hybridized carbons (Fsp3) is 0.146. The molecule has 51 heavy (non-hydrogen) atoms. The maximum absolute atomic E-state index is 13.8. The van der Waals surface area contributed by atoms with Gasteiger partial charge in [0.25, 0.3) is 0 Å². The average molecular weight is 759 g/mol. The van der Waals surface area contributed by atoms with Crippen molar-refractivity contribution < 1.29 is 19.1 Å². The predicted octanol–water partition coefficient (Wildman–Crippen LogP) is 11.0. The number of nitrogens with one attached hydrogen (secondary N) is 1. The van der Waals surface area contributed by atoms with E-state index in [9.17, 15) is 9.59 Å². The van der Waals surface area contributed by atoms with Gasteiger partial charge in [0, 0.05) is 24.1 Å². The largest absolute Gasteiger partial charge is 0.462 e. The van der Waals surface area contributed by atoms with Crippen molar-refractivity contribution in [3.8, 4) is 11.3 Å². The van der Waals surface area contributed by atoms with E-state index in [1.54, 1.807) is 38.1 Å². The number of aliphatic imine (C=N–C) groups is 1. The molecular formula is C41H32Cl4N2O4. The van der Waals surface area contributed by atoms with Crippen molar-refractivity contribution >= 4 is 70.1 Å². The minimum atomic E-state index is -0.502. The Morgan fingerprint density at radius 1 is 0.686 bits per heavy atom. The number of aromatic nitrogens is 1. The number of esters is 2. The summed E-state index contributed by atoms with van der Waals surface area (Å²) in [6, 6.07) is 29.7. The summed E-state index contributed by atoms with van der Waals surface area (Å²) in [5.74, 6) is -0.982. The molecule has 0 saturated carbocycles. The lowest BCUT2D eigenvalue weighted by Crippen LogP contribution is -2.17. The fourth-order valence-corrected chi connectivity index (χ4v) is 6.64. The molecule has 0 saturated heterocycles. The maximum atomic E-state index is 13.8. The minimum Gasteiger partial charge on any atom is -0.462 e. The number of H-pyrrole nitrogens is 1. The van der Waals surface area contributed by atoms with Crippen molar-refractivity contribution in [3.63, 3.8) is 0 Å². The second-order valence-electron chi connectivity index (χ2n) is 11.6. The zero-order chi connectivity index (χ0) is 36.1. The Balaban J connectivity index is 1.63. The summed E-state index contributed by atoms with van der Waals surface area (Å²) in [4.78, 5) is 36.2. The zero-order valence-corrected chi connectivity index (χ0v) is 30.8. The van der Waals surface area contributed by atoms with Crippen LogP contribution in [0.5, 0.6) is 0 Å². The molecule has 6 rings (SSSR count). The van der Waals surface area contributed by atoms with Gasteiger partial charge in [-0.2, -0.15) is 0 Å². The van der Waals surface area contributed by atoms with Crippen molar-refractivity contribution in [2.24, 2.45) is 4.99 Å². The van der Waals surface area contributed by atoms with Gasteiger partial charge in [-0.05, 0) is 72.0 Å². The molecule has 0 fully saturated rings. The van der Waals surface area contributed by atoms with Gasteiger partial charge < -0.3 is 14.5 Å². The number of ether oxygens (including phenoxy) is 2. The lowest BCUT2D eigenvalue weighted by Gasteiger charge is -2.11. The number of allylic oxidation sites excluding steroid dienone is 1. The van der Waals surface area contributed by atoms with Crippen molar-refractivity contribution in [1.82, 2.24) is 4.98 Å². The van der Waals surface area contributed by atoms with E-state index >= 15 is 0 Å². The molecule has 0 aliphatic carbocycles. The van der Waals surface area contributed by atoms with Crippen LogP contribution in [0.4, 0.5) is 0 Å². The number of carbonyl (C=O) groups is 2. The molecule has 0 bridgehead atoms. The quantitative estimate of drug-likeness (QED) is 0.136. The van der Waals surface area contributed by atoms with Crippen LogP contribution >= 0.6 is 46.4 Å². The van der Waals surface area contributed by atoms with Gasteiger partial charge in [-0.15, -0.1) is 0 Å². The summed E-state index contributed by atoms with van der Waals surface area (Å²) < 4.78 is 11.2. The third-order valence-corrected chi connectivity index (χ3v) is 9.77. The molecular weight excluding hydrogens is 726 g/mol. The number of benzene rings is 4. The summed E-state index contributed by atoms with van der Waals surface area (Å²) in [6.07, 6.45) is 2.46. The molecule has 0 spiro atoms. The molecule has 10 heteroatoms. The maximum Gasteiger partial charge on any atom is 0.340 e. The van der Waals surface area contributed by atoms with Crippen LogP contribution in [0.25, 0.3) is 17.3 Å². The van der Waals surface area contributed by atoms with Crippen LogP contribution in [0.3, 0.4) is 0 Å². The number of aromatic amines is 1. The number of hydrogen-bond donors (Lipinski definition) is 1. The molecule has 1 N–H and O–H groups in total. The molecule has 1 aliphatic rings. The SMILES string of the molecule is CCOC(=O)C1=C(Cc2ccc(Cl)c(Cl)c2)/C(=C/c2[nH]c(-c3ccccc3)c(C(=O)OCC)c2Cc2ccc(Cl)c(Cl)c2)N=C1c1ccccc1. The van der Waals surface area contributed by atoms with Crippen molar-refractivity contribution in [2.45, 2.75) is 26.7 Å². The molecule has 6 nitrogen and oxygen atoms in total. The normalized spacial score (nSPS) is 13.5. The first-order valence-corrected chi connectivity index (χ1v) is 17.8. The van der Waals surface area contributed by atoms with Gasteiger partial charge in [-0.3, -0.25) is 0 Å². The van der Waals surface area contributed by atoms with Gasteiger partial charge >= 0.3 is 11.9 Å². The van der Waals surface area contributed by atoms with E-state index in [4.69, 9.17) is 60.9 Å². The third kappa shape index (κ3) is 8.00. The lowest BCUT2D eigenvalue weighted by molar-refractivity contribution is -0.137. The van der Waals surface area contributed by atoms with E-state index in [0.717, 1.165) is 22.3 Å². The van der Waals surface area contributed by atoms with Gasteiger partial charge in [0.2, 0.25) is 0 Å². The van der Waals surface area contributed by atoms with Crippen molar-refractivity contribution in [2.75, 3.05) is 13.2 Å². The average Bonchev–Trinajstić information content (AvgIpc) is 3.67. The topological polar surface area (TPSA) is 80.8 Å². The number of hydrogen-bond acceptors (Lipinski definition) is 5. The van der Waals surface area contributed by atoms with Crippen molar-refractivity contribution in [1.29, 1.82) is 0 Å². The summed E-state index contributed by atoms with van der Waals surface area (Å²) in [5, 5.41) is 1.62. The zero-order valence-electron chi connectivity index (χ0n) is 27.7. The van der Waals surface area contributed by atoms with Gasteiger partial charge in [0.15, 0.2) is 0 Å². The Hall–Kier alpha value is -4.59. The standard InChI is InChI=1S/C41H32Cl4N2O4/c1-3-50-40(48)36-28(19-24-15-17-30(42)32(44)21-24)34(46-38(36)26-11-7-5-8-12-26)23-35-29(20-25-16-18-31(43)33(45)22-25)37(41(49)51-4-2)39(47-35)27-13-9-6-10-14-27/h5-18,21-23,46H,3-4,19-20H2,1-2H3/b35-23-. The van der Waals surface area contributed by atoms with Gasteiger partial charge in [-0.1, -0.05) is 119 Å². The van der Waals surface area contributed by atoms with Crippen molar-refractivity contribution in [3.05, 3.63) is 168 Å². The highest BCUT2D eigenvalue weighted by Gasteiger charge is 2.32. The fourth-order valence-electron chi connectivity index (χ4n) is 6.00. The smallest absolute Gasteiger partial charge is 0.340 e. The Bertz CT molecular complexity index is 2210. The molecule has 2 heterocycles. The summed E-state index contributed by atoms with van der Waals surface area (Å²) >= 11 is 25.4. The number of carbonyl (C=O) groups excluding carboxylic acids is 2. The first kappa shape index (κ1) is 36.2. The van der Waals surface area contributed by atoms with Gasteiger partial charge in [0.05, 0.1) is 61.5 Å². The highest BCUT2D eigenvalue weighted by molar-refractivity contribution is 6.42. The Morgan fingerprint density at radius 3 is 1.80 bits per heavy atom. The predicted molar refractivity (Wildman–Crippen MR) is 206 cm³/mol. The monoisotopic (exact) mass is 756 g/mol. The van der Waals surface area contributed by atoms with E-state index in [2.05, 4.69) is 4.98 Å². The van der Waals surface area contributed by atoms with Crippen LogP contribution in [0.1, 0.15) is 52.2 Å². The number of halogens is 4. The second-order valence-corrected chi connectivity index (χ2v) is 13.3. The van der Waals surface area contributed by atoms with Crippen LogP contribution in [0, 0.1) is 0 Å². The first-order valence-electron chi connectivity index (χ1n) is 16.3. The molecule has 0 unspecified atom stereocenters. The molecule has 0 radical (unpaired) electrons. The molecule has 5 aromatic rings. The Labute approximate surface area is 316 Å². The summed E-state index contributed by atoms with van der Waals surface area (Å²) in [7, 11) is 0. The van der Waals surface area contributed by atoms with E-state index in [0.29, 0.717) is 71.6 Å². The van der Waals surface area contributed by atoms with Crippen LogP contribution < -0.4 is 0 Å². The second kappa shape index (κ2) is 16.2. The third-order valence-electron chi connectivity index (χ3n) is 8.30. The molecule has 4 aromatic carbocycles. The molecule has 1 aliphatic heterocycles. The Kier molecular flexibility index (Phi) is 11.5. The Morgan fingerprint density at radius 2 is 1.24 bits per heavy atom. The first-order chi connectivity index (χ1) is 24.7. The van der Waals surface area contributed by atoms with Crippen LogP contribution in [0.15, 0.2) is 119 Å². The molecule has 0 amide bonds. The van der Waals surface area contributed by atoms with Crippen LogP contribution in [-0.4, -0.2) is 35.8 Å². The van der Waals surface area contributed by atoms with E-state index < -0.39 is 11.9 Å². The molecule has 258 valence electrons. The van der Waals surface area contributed by atoms with Gasteiger partial charge in [-0.25, -0.2) is 14.6 Å². The van der Waals surface area contributed by atoms with E-state index in [1.807, 2.05) is 78.9 Å². The van der Waals surface area contributed by atoms with E-state index in [1.165, 1.54) is 0 Å². The summed E-state index contributed by atoms with van der Waals surface area (Å²) in [5.41, 5.74) is 7.36. The lowest BCUT2D eigenvalue weighted by atomic mass is 9.93. The molecule has 0 atom stereocenters. The van der Waals surface area contributed by atoms with Crippen LogP contribution in [-0.2, 0) is 27.1 Å². The van der Waals surface area contributed by atoms with Gasteiger partial charge in [0.1, 0.15) is 0 Å². The molecule has 1 aromatic heterocycles.